The number of fused-ring (bicyclic) bond motifs is 5. The van der Waals surface area contributed by atoms with Crippen molar-refractivity contribution in [2.45, 2.75) is 91.3 Å². The van der Waals surface area contributed by atoms with Gasteiger partial charge >= 0.3 is 0 Å². The van der Waals surface area contributed by atoms with E-state index < -0.39 is 0 Å². The fraction of sp³-hybridized carbons (Fsp3) is 0.960. The quantitative estimate of drug-likeness (QED) is 0.630. The summed E-state index contributed by atoms with van der Waals surface area (Å²) < 4.78 is 11.6. The largest absolute Gasteiger partial charge is 0.350 e. The van der Waals surface area contributed by atoms with Crippen LogP contribution in [-0.2, 0) is 14.3 Å². The lowest BCUT2D eigenvalue weighted by Gasteiger charge is -2.62. The lowest BCUT2D eigenvalue weighted by molar-refractivity contribution is -0.153. The fourth-order valence-electron chi connectivity index (χ4n) is 9.01. The molecular formula is C25H40O3. The Bertz CT molecular complexity index is 611. The van der Waals surface area contributed by atoms with E-state index in [1.54, 1.807) is 0 Å². The van der Waals surface area contributed by atoms with Gasteiger partial charge in [0.05, 0.1) is 13.2 Å². The molecule has 0 amide bonds. The van der Waals surface area contributed by atoms with E-state index in [9.17, 15) is 4.79 Å². The zero-order chi connectivity index (χ0) is 19.5. The molecule has 1 saturated heterocycles. The second kappa shape index (κ2) is 7.08. The number of ketones is 1. The summed E-state index contributed by atoms with van der Waals surface area (Å²) in [6.45, 7) is 9.12. The molecule has 0 spiro atoms. The van der Waals surface area contributed by atoms with Gasteiger partial charge < -0.3 is 9.47 Å². The van der Waals surface area contributed by atoms with Crippen LogP contribution in [-0.4, -0.2) is 25.3 Å². The molecule has 0 bridgehead atoms. The van der Waals surface area contributed by atoms with Crippen molar-refractivity contribution in [3.8, 4) is 0 Å². The minimum Gasteiger partial charge on any atom is -0.350 e. The maximum absolute atomic E-state index is 12.3. The van der Waals surface area contributed by atoms with Crippen LogP contribution in [0, 0.1) is 46.3 Å². The summed E-state index contributed by atoms with van der Waals surface area (Å²) >= 11 is 0. The van der Waals surface area contributed by atoms with Crippen LogP contribution >= 0.6 is 0 Å². The van der Waals surface area contributed by atoms with E-state index >= 15 is 0 Å². The molecule has 5 fully saturated rings. The average molecular weight is 389 g/mol. The molecule has 4 saturated carbocycles. The molecule has 7 unspecified atom stereocenters. The predicted octanol–water partition coefficient (Wildman–Crippen LogP) is 5.61. The number of carbonyl (C=O) groups excluding carboxylic acids is 1. The molecule has 158 valence electrons. The van der Waals surface area contributed by atoms with Crippen LogP contribution in [0.5, 0.6) is 0 Å². The first-order valence-electron chi connectivity index (χ1n) is 12.2. The topological polar surface area (TPSA) is 35.5 Å². The van der Waals surface area contributed by atoms with Crippen LogP contribution in [0.4, 0.5) is 0 Å². The average Bonchev–Trinajstić information content (AvgIpc) is 3.30. The number of ether oxygens (including phenoxy) is 2. The third kappa shape index (κ3) is 2.86. The van der Waals surface area contributed by atoms with Crippen molar-refractivity contribution >= 4 is 5.78 Å². The lowest BCUT2D eigenvalue weighted by Crippen LogP contribution is -2.56. The third-order valence-corrected chi connectivity index (χ3v) is 10.6. The smallest absolute Gasteiger partial charge is 0.158 e. The Morgan fingerprint density at radius 3 is 2.46 bits per heavy atom. The molecule has 4 aliphatic carbocycles. The normalized spacial score (nSPS) is 51.6. The van der Waals surface area contributed by atoms with Crippen molar-refractivity contribution in [1.82, 2.24) is 0 Å². The summed E-state index contributed by atoms with van der Waals surface area (Å²) in [7, 11) is 0. The van der Waals surface area contributed by atoms with Gasteiger partial charge in [0.25, 0.3) is 0 Å². The molecule has 0 aromatic heterocycles. The van der Waals surface area contributed by atoms with Crippen molar-refractivity contribution in [2.24, 2.45) is 46.3 Å². The molecule has 3 heteroatoms. The number of hydrogen-bond acceptors (Lipinski definition) is 3. The summed E-state index contributed by atoms with van der Waals surface area (Å²) in [5.74, 6) is 5.33. The molecule has 3 nitrogen and oxygen atoms in total. The molecule has 5 rings (SSSR count). The highest BCUT2D eigenvalue weighted by Gasteiger charge is 2.61. The standard InChI is InChI=1S/C25H40O3/c1-4-16-13-19-20-6-5-17(14-23-27-11-12-28-23)24(20,2)10-8-21(19)25(3)9-7-18(26)15-22(16)25/h16-17,19-23H,4-15H2,1-3H3/t16-,17?,19?,20?,21?,22?,24?,25?/m1/s1. The lowest BCUT2D eigenvalue weighted by atomic mass is 9.42. The molecule has 28 heavy (non-hydrogen) atoms. The van der Waals surface area contributed by atoms with Crippen molar-refractivity contribution < 1.29 is 14.3 Å². The minimum absolute atomic E-state index is 0.0549. The van der Waals surface area contributed by atoms with Crippen molar-refractivity contribution in [3.63, 3.8) is 0 Å². The van der Waals surface area contributed by atoms with E-state index in [1.165, 1.54) is 38.5 Å². The molecule has 0 N–H and O–H groups in total. The zero-order valence-electron chi connectivity index (χ0n) is 18.3. The van der Waals surface area contributed by atoms with Gasteiger partial charge in [0.1, 0.15) is 5.78 Å². The van der Waals surface area contributed by atoms with Gasteiger partial charge in [-0.2, -0.15) is 0 Å². The van der Waals surface area contributed by atoms with Crippen LogP contribution in [0.2, 0.25) is 0 Å². The molecule has 0 aromatic rings. The number of hydrogen-bond donors (Lipinski definition) is 0. The van der Waals surface area contributed by atoms with E-state index in [1.807, 2.05) is 0 Å². The Morgan fingerprint density at radius 2 is 1.71 bits per heavy atom. The van der Waals surface area contributed by atoms with Gasteiger partial charge in [-0.3, -0.25) is 4.79 Å². The highest BCUT2D eigenvalue weighted by molar-refractivity contribution is 5.79. The Balaban J connectivity index is 1.39. The van der Waals surface area contributed by atoms with E-state index in [0.29, 0.717) is 22.5 Å². The van der Waals surface area contributed by atoms with E-state index in [0.717, 1.165) is 68.5 Å². The molecular weight excluding hydrogens is 348 g/mol. The molecule has 1 aliphatic heterocycles. The van der Waals surface area contributed by atoms with Gasteiger partial charge in [-0.25, -0.2) is 0 Å². The maximum atomic E-state index is 12.3. The second-order valence-electron chi connectivity index (χ2n) is 11.4. The number of carbonyl (C=O) groups is 1. The first kappa shape index (κ1) is 19.5. The first-order chi connectivity index (χ1) is 13.5. The molecule has 5 aliphatic rings. The summed E-state index contributed by atoms with van der Waals surface area (Å²) in [6, 6.07) is 0. The highest BCUT2D eigenvalue weighted by atomic mass is 16.7. The Hall–Kier alpha value is -0.410. The monoisotopic (exact) mass is 388 g/mol. The summed E-state index contributed by atoms with van der Waals surface area (Å²) in [5.41, 5.74) is 0.886. The molecule has 1 heterocycles. The number of rotatable bonds is 3. The van der Waals surface area contributed by atoms with Crippen molar-refractivity contribution in [3.05, 3.63) is 0 Å². The minimum atomic E-state index is 0.0549. The van der Waals surface area contributed by atoms with Gasteiger partial charge in [-0.15, -0.1) is 0 Å². The highest BCUT2D eigenvalue weighted by Crippen LogP contribution is 2.69. The van der Waals surface area contributed by atoms with Crippen molar-refractivity contribution in [1.29, 1.82) is 0 Å². The first-order valence-corrected chi connectivity index (χ1v) is 12.2. The fourth-order valence-corrected chi connectivity index (χ4v) is 9.01. The van der Waals surface area contributed by atoms with Gasteiger partial charge in [0.15, 0.2) is 6.29 Å². The van der Waals surface area contributed by atoms with E-state index in [2.05, 4.69) is 20.8 Å². The summed E-state index contributed by atoms with van der Waals surface area (Å²) in [6.07, 6.45) is 12.2. The second-order valence-corrected chi connectivity index (χ2v) is 11.4. The molecule has 0 aromatic carbocycles. The molecule has 8 atom stereocenters. The van der Waals surface area contributed by atoms with Crippen molar-refractivity contribution in [2.75, 3.05) is 13.2 Å². The van der Waals surface area contributed by atoms with Crippen LogP contribution < -0.4 is 0 Å². The predicted molar refractivity (Wildman–Crippen MR) is 110 cm³/mol. The summed E-state index contributed by atoms with van der Waals surface area (Å²) in [4.78, 5) is 12.3. The SMILES string of the molecule is CC[C@@H]1CC2C3CCC(CC4OCCO4)C3(C)CCC2C2(C)CCC(=O)CC12. The maximum Gasteiger partial charge on any atom is 0.158 e. The van der Waals surface area contributed by atoms with Crippen LogP contribution in [0.15, 0.2) is 0 Å². The number of Topliss-reactive ketones (excluding diaryl/α,β-unsaturated/α-hetero) is 1. The Labute approximate surface area is 171 Å². The third-order valence-electron chi connectivity index (χ3n) is 10.6. The van der Waals surface area contributed by atoms with Gasteiger partial charge in [-0.05, 0) is 84.9 Å². The van der Waals surface area contributed by atoms with E-state index in [-0.39, 0.29) is 6.29 Å². The van der Waals surface area contributed by atoms with E-state index in [4.69, 9.17) is 9.47 Å². The zero-order valence-corrected chi connectivity index (χ0v) is 18.3. The van der Waals surface area contributed by atoms with Gasteiger partial charge in [0, 0.05) is 19.3 Å². The van der Waals surface area contributed by atoms with Crippen LogP contribution in [0.1, 0.15) is 85.0 Å². The molecule has 0 radical (unpaired) electrons. The van der Waals surface area contributed by atoms with Gasteiger partial charge in [-0.1, -0.05) is 27.2 Å². The Kier molecular flexibility index (Phi) is 4.94. The Morgan fingerprint density at radius 1 is 0.964 bits per heavy atom. The van der Waals surface area contributed by atoms with Crippen LogP contribution in [0.3, 0.4) is 0 Å². The summed E-state index contributed by atoms with van der Waals surface area (Å²) in [5, 5.41) is 0. The van der Waals surface area contributed by atoms with Gasteiger partial charge in [0.2, 0.25) is 0 Å². The van der Waals surface area contributed by atoms with Crippen LogP contribution in [0.25, 0.3) is 0 Å².